The molecule has 0 bridgehead atoms. The third-order valence-corrected chi connectivity index (χ3v) is 3.19. The lowest BCUT2D eigenvalue weighted by atomic mass is 10.1. The van der Waals surface area contributed by atoms with Crippen LogP contribution in [0.25, 0.3) is 0 Å². The Kier molecular flexibility index (Phi) is 5.80. The zero-order valence-electron chi connectivity index (χ0n) is 8.54. The molecule has 0 aliphatic rings. The van der Waals surface area contributed by atoms with E-state index in [1.807, 2.05) is 19.2 Å². The first-order valence-electron chi connectivity index (χ1n) is 4.19. The van der Waals surface area contributed by atoms with Crippen molar-refractivity contribution in [1.82, 2.24) is 5.32 Å². The lowest BCUT2D eigenvalue weighted by molar-refractivity contribution is 0.0950. The zero-order chi connectivity index (χ0) is 10.8. The summed E-state index contributed by atoms with van der Waals surface area (Å²) in [6, 6.07) is 1.80. The Morgan fingerprint density at radius 3 is 2.67 bits per heavy atom. The number of amides is 1. The first-order valence-corrected chi connectivity index (χ1v) is 5.87. The van der Waals surface area contributed by atoms with Gasteiger partial charge in [-0.3, -0.25) is 4.79 Å². The SMILES string of the molecule is CC(C)(N)CNC(=O)c1cc(Br)cs1.Cl. The quantitative estimate of drug-likeness (QED) is 0.900. The van der Waals surface area contributed by atoms with Gasteiger partial charge in [-0.15, -0.1) is 23.7 Å². The molecule has 3 nitrogen and oxygen atoms in total. The van der Waals surface area contributed by atoms with Crippen LogP contribution < -0.4 is 11.1 Å². The maximum absolute atomic E-state index is 11.5. The predicted molar refractivity (Wildman–Crippen MR) is 69.9 cm³/mol. The molecule has 0 saturated heterocycles. The molecule has 0 saturated carbocycles. The maximum atomic E-state index is 11.5. The van der Waals surface area contributed by atoms with Gasteiger partial charge in [0.25, 0.3) is 5.91 Å². The molecular formula is C9H14BrClN2OS. The van der Waals surface area contributed by atoms with E-state index in [-0.39, 0.29) is 23.9 Å². The number of hydrogen-bond donors (Lipinski definition) is 2. The minimum atomic E-state index is -0.371. The van der Waals surface area contributed by atoms with Gasteiger partial charge in [0.1, 0.15) is 0 Å². The van der Waals surface area contributed by atoms with E-state index in [2.05, 4.69) is 21.2 Å². The highest BCUT2D eigenvalue weighted by Crippen LogP contribution is 2.19. The molecule has 0 spiro atoms. The smallest absolute Gasteiger partial charge is 0.261 e. The highest BCUT2D eigenvalue weighted by molar-refractivity contribution is 9.10. The number of halogens is 2. The summed E-state index contributed by atoms with van der Waals surface area (Å²) in [5, 5.41) is 4.66. The Morgan fingerprint density at radius 2 is 2.27 bits per heavy atom. The van der Waals surface area contributed by atoms with Gasteiger partial charge in [-0.2, -0.15) is 0 Å². The standard InChI is InChI=1S/C9H13BrN2OS.ClH/c1-9(2,11)5-12-8(13)7-3-6(10)4-14-7;/h3-4H,5,11H2,1-2H3,(H,12,13);1H. The molecule has 0 unspecified atom stereocenters. The molecule has 1 aromatic heterocycles. The van der Waals surface area contributed by atoms with Gasteiger partial charge in [0.05, 0.1) is 4.88 Å². The van der Waals surface area contributed by atoms with Gasteiger partial charge < -0.3 is 11.1 Å². The average molecular weight is 314 g/mol. The Balaban J connectivity index is 0.00000196. The molecule has 1 heterocycles. The molecule has 1 aromatic rings. The summed E-state index contributed by atoms with van der Waals surface area (Å²) < 4.78 is 0.930. The number of nitrogens with two attached hydrogens (primary N) is 1. The molecule has 6 heteroatoms. The van der Waals surface area contributed by atoms with Crippen LogP contribution in [0.1, 0.15) is 23.5 Å². The number of thiophene rings is 1. The third kappa shape index (κ3) is 5.51. The van der Waals surface area contributed by atoms with Crippen molar-refractivity contribution in [2.75, 3.05) is 6.54 Å². The molecular weight excluding hydrogens is 300 g/mol. The molecule has 15 heavy (non-hydrogen) atoms. The van der Waals surface area contributed by atoms with Crippen molar-refractivity contribution in [3.05, 3.63) is 20.8 Å². The van der Waals surface area contributed by atoms with Crippen LogP contribution in [0.5, 0.6) is 0 Å². The normalized spacial score (nSPS) is 10.7. The number of hydrogen-bond acceptors (Lipinski definition) is 3. The van der Waals surface area contributed by atoms with E-state index in [4.69, 9.17) is 5.73 Å². The molecule has 0 radical (unpaired) electrons. The van der Waals surface area contributed by atoms with Crippen LogP contribution in [0, 0.1) is 0 Å². The van der Waals surface area contributed by atoms with Gasteiger partial charge in [0.2, 0.25) is 0 Å². The molecule has 0 aromatic carbocycles. The number of nitrogens with one attached hydrogen (secondary N) is 1. The summed E-state index contributed by atoms with van der Waals surface area (Å²) in [7, 11) is 0. The van der Waals surface area contributed by atoms with Crippen LogP contribution in [0.2, 0.25) is 0 Å². The first-order chi connectivity index (χ1) is 6.38. The van der Waals surface area contributed by atoms with Crippen LogP contribution in [0.15, 0.2) is 15.9 Å². The molecule has 0 fully saturated rings. The van der Waals surface area contributed by atoms with Crippen LogP contribution in [-0.2, 0) is 0 Å². The fourth-order valence-electron chi connectivity index (χ4n) is 0.827. The third-order valence-electron chi connectivity index (χ3n) is 1.50. The Morgan fingerprint density at radius 1 is 1.67 bits per heavy atom. The summed E-state index contributed by atoms with van der Waals surface area (Å²) in [5.74, 6) is -0.0702. The van der Waals surface area contributed by atoms with E-state index in [1.54, 1.807) is 6.07 Å². The second-order valence-electron chi connectivity index (χ2n) is 3.80. The van der Waals surface area contributed by atoms with E-state index in [0.717, 1.165) is 4.47 Å². The predicted octanol–water partition coefficient (Wildman–Crippen LogP) is 2.40. The van der Waals surface area contributed by atoms with Gasteiger partial charge in [-0.25, -0.2) is 0 Å². The largest absolute Gasteiger partial charge is 0.350 e. The number of carbonyl (C=O) groups excluding carboxylic acids is 1. The van der Waals surface area contributed by atoms with Crippen LogP contribution >= 0.6 is 39.7 Å². The van der Waals surface area contributed by atoms with Crippen LogP contribution in [0.4, 0.5) is 0 Å². The van der Waals surface area contributed by atoms with Gasteiger partial charge in [0.15, 0.2) is 0 Å². The Bertz CT molecular complexity index is 335. The van der Waals surface area contributed by atoms with E-state index in [0.29, 0.717) is 11.4 Å². The molecule has 3 N–H and O–H groups in total. The van der Waals surface area contributed by atoms with Gasteiger partial charge in [0, 0.05) is 21.9 Å². The minimum absolute atomic E-state index is 0. The Labute approximate surface area is 108 Å². The van der Waals surface area contributed by atoms with Crippen molar-refractivity contribution in [1.29, 1.82) is 0 Å². The summed E-state index contributed by atoms with van der Waals surface area (Å²) in [5.41, 5.74) is 5.38. The fraction of sp³-hybridized carbons (Fsp3) is 0.444. The molecule has 0 atom stereocenters. The van der Waals surface area contributed by atoms with Crippen LogP contribution in [-0.4, -0.2) is 18.0 Å². The lowest BCUT2D eigenvalue weighted by Crippen LogP contribution is -2.44. The van der Waals surface area contributed by atoms with Crippen LogP contribution in [0.3, 0.4) is 0 Å². The van der Waals surface area contributed by atoms with E-state index in [1.165, 1.54) is 11.3 Å². The van der Waals surface area contributed by atoms with Gasteiger partial charge in [-0.05, 0) is 35.8 Å². The van der Waals surface area contributed by atoms with E-state index in [9.17, 15) is 4.79 Å². The first kappa shape index (κ1) is 14.9. The van der Waals surface area contributed by atoms with Gasteiger partial charge >= 0.3 is 0 Å². The highest BCUT2D eigenvalue weighted by atomic mass is 79.9. The second-order valence-corrected chi connectivity index (χ2v) is 5.63. The molecule has 1 amide bonds. The summed E-state index contributed by atoms with van der Waals surface area (Å²) >= 11 is 4.71. The Hall–Kier alpha value is -0.100. The highest BCUT2D eigenvalue weighted by Gasteiger charge is 2.14. The van der Waals surface area contributed by atoms with E-state index >= 15 is 0 Å². The second kappa shape index (κ2) is 5.84. The summed E-state index contributed by atoms with van der Waals surface area (Å²) in [6.07, 6.45) is 0. The average Bonchev–Trinajstić information content (AvgIpc) is 2.46. The van der Waals surface area contributed by atoms with Crippen molar-refractivity contribution < 1.29 is 4.79 Å². The number of carbonyl (C=O) groups is 1. The van der Waals surface area contributed by atoms with Crippen molar-refractivity contribution >= 4 is 45.6 Å². The summed E-state index contributed by atoms with van der Waals surface area (Å²) in [6.45, 7) is 4.22. The number of rotatable bonds is 3. The van der Waals surface area contributed by atoms with Crippen molar-refractivity contribution in [3.8, 4) is 0 Å². The molecule has 0 aliphatic carbocycles. The topological polar surface area (TPSA) is 55.1 Å². The maximum Gasteiger partial charge on any atom is 0.261 e. The monoisotopic (exact) mass is 312 g/mol. The molecule has 1 rings (SSSR count). The fourth-order valence-corrected chi connectivity index (χ4v) is 2.17. The van der Waals surface area contributed by atoms with Gasteiger partial charge in [-0.1, -0.05) is 0 Å². The molecule has 0 aliphatic heterocycles. The van der Waals surface area contributed by atoms with Crippen molar-refractivity contribution in [2.45, 2.75) is 19.4 Å². The molecule has 86 valence electrons. The lowest BCUT2D eigenvalue weighted by Gasteiger charge is -2.18. The minimum Gasteiger partial charge on any atom is -0.350 e. The van der Waals surface area contributed by atoms with Crippen molar-refractivity contribution in [3.63, 3.8) is 0 Å². The van der Waals surface area contributed by atoms with Crippen molar-refractivity contribution in [2.24, 2.45) is 5.73 Å². The van der Waals surface area contributed by atoms with E-state index < -0.39 is 0 Å². The summed E-state index contributed by atoms with van der Waals surface area (Å²) in [4.78, 5) is 12.2. The zero-order valence-corrected chi connectivity index (χ0v) is 11.8.